The Morgan fingerprint density at radius 2 is 2.04 bits per heavy atom. The van der Waals surface area contributed by atoms with Gasteiger partial charge in [-0.3, -0.25) is 4.99 Å². The van der Waals surface area contributed by atoms with Gasteiger partial charge in [0.2, 0.25) is 0 Å². The molecule has 0 radical (unpaired) electrons. The first-order valence-electron chi connectivity index (χ1n) is 9.10. The molecule has 140 valence electrons. The number of nitrogens with zero attached hydrogens (tertiary/aromatic N) is 4. The Morgan fingerprint density at radius 3 is 2.69 bits per heavy atom. The lowest BCUT2D eigenvalue weighted by Gasteiger charge is -2.37. The average molecular weight is 376 g/mol. The van der Waals surface area contributed by atoms with Crippen LogP contribution >= 0.6 is 11.3 Å². The van der Waals surface area contributed by atoms with Crippen molar-refractivity contribution in [3.63, 3.8) is 0 Å². The molecule has 2 aromatic rings. The molecule has 7 heteroatoms. The molecular formula is C19H26FN5S. The molecule has 1 aromatic carbocycles. The van der Waals surface area contributed by atoms with Gasteiger partial charge in [-0.15, -0.1) is 11.3 Å². The van der Waals surface area contributed by atoms with E-state index in [0.717, 1.165) is 56.5 Å². The van der Waals surface area contributed by atoms with Crippen molar-refractivity contribution in [1.82, 2.24) is 15.2 Å². The molecule has 1 fully saturated rings. The number of anilines is 1. The molecule has 0 bridgehead atoms. The summed E-state index contributed by atoms with van der Waals surface area (Å²) in [4.78, 5) is 14.5. The summed E-state index contributed by atoms with van der Waals surface area (Å²) in [6.45, 7) is 6.19. The number of aliphatic imine (C=N–C) groups is 1. The number of hydrogen-bond donors (Lipinski definition) is 1. The average Bonchev–Trinajstić information content (AvgIpc) is 3.14. The molecule has 5 nitrogen and oxygen atoms in total. The highest BCUT2D eigenvalue weighted by molar-refractivity contribution is 7.11. The lowest BCUT2D eigenvalue weighted by Crippen LogP contribution is -2.53. The van der Waals surface area contributed by atoms with Gasteiger partial charge in [0.15, 0.2) is 5.96 Å². The second kappa shape index (κ2) is 8.98. The number of benzene rings is 1. The summed E-state index contributed by atoms with van der Waals surface area (Å²) in [6, 6.07) is 6.97. The Labute approximate surface area is 158 Å². The van der Waals surface area contributed by atoms with E-state index < -0.39 is 0 Å². The molecule has 0 unspecified atom stereocenters. The number of piperazine rings is 1. The minimum absolute atomic E-state index is 0.154. The minimum Gasteiger partial charge on any atom is -0.366 e. The van der Waals surface area contributed by atoms with Crippen molar-refractivity contribution >= 4 is 23.0 Å². The van der Waals surface area contributed by atoms with Gasteiger partial charge in [0.25, 0.3) is 0 Å². The molecule has 3 rings (SSSR count). The van der Waals surface area contributed by atoms with Gasteiger partial charge in [-0.2, -0.15) is 0 Å². The van der Waals surface area contributed by atoms with Crippen LogP contribution in [-0.4, -0.2) is 55.6 Å². The quantitative estimate of drug-likeness (QED) is 0.645. The third kappa shape index (κ3) is 4.52. The highest BCUT2D eigenvalue weighted by Gasteiger charge is 2.21. The van der Waals surface area contributed by atoms with Crippen LogP contribution in [0.4, 0.5) is 10.1 Å². The third-order valence-corrected chi connectivity index (χ3v) is 5.76. The smallest absolute Gasteiger partial charge is 0.193 e. The summed E-state index contributed by atoms with van der Waals surface area (Å²) >= 11 is 1.78. The van der Waals surface area contributed by atoms with Gasteiger partial charge in [-0.05, 0) is 18.6 Å². The molecule has 0 aliphatic carbocycles. The SMILES string of the molecule is CCc1cnc(CCNC(=NC)N2CCN(c3ccccc3F)CC2)s1. The predicted molar refractivity (Wildman–Crippen MR) is 107 cm³/mol. The Morgan fingerprint density at radius 1 is 1.27 bits per heavy atom. The fourth-order valence-corrected chi connectivity index (χ4v) is 3.97. The monoisotopic (exact) mass is 375 g/mol. The standard InChI is InChI=1S/C19H26FN5S/c1-3-15-14-23-18(26-15)8-9-22-19(21-2)25-12-10-24(11-13-25)17-7-5-4-6-16(17)20/h4-7,14H,3,8-13H2,1-2H3,(H,21,22). The molecule has 1 aromatic heterocycles. The molecule has 1 aliphatic rings. The zero-order valence-electron chi connectivity index (χ0n) is 15.4. The zero-order chi connectivity index (χ0) is 18.4. The molecule has 0 saturated carbocycles. The van der Waals surface area contributed by atoms with Gasteiger partial charge in [-0.25, -0.2) is 9.37 Å². The van der Waals surface area contributed by atoms with Crippen LogP contribution in [0.25, 0.3) is 0 Å². The van der Waals surface area contributed by atoms with Crippen molar-refractivity contribution < 1.29 is 4.39 Å². The van der Waals surface area contributed by atoms with Crippen LogP contribution in [0.3, 0.4) is 0 Å². The fourth-order valence-electron chi connectivity index (χ4n) is 3.11. The molecule has 26 heavy (non-hydrogen) atoms. The van der Waals surface area contributed by atoms with Gasteiger partial charge >= 0.3 is 0 Å². The first kappa shape index (κ1) is 18.6. The Hall–Kier alpha value is -2.15. The minimum atomic E-state index is -0.154. The number of aryl methyl sites for hydroxylation is 1. The van der Waals surface area contributed by atoms with Crippen LogP contribution in [0.1, 0.15) is 16.8 Å². The largest absolute Gasteiger partial charge is 0.366 e. The summed E-state index contributed by atoms with van der Waals surface area (Å²) in [7, 11) is 1.81. The van der Waals surface area contributed by atoms with Crippen LogP contribution in [0.15, 0.2) is 35.5 Å². The van der Waals surface area contributed by atoms with Crippen LogP contribution in [0, 0.1) is 5.82 Å². The highest BCUT2D eigenvalue weighted by atomic mass is 32.1. The van der Waals surface area contributed by atoms with Gasteiger partial charge in [0, 0.05) is 57.3 Å². The Balaban J connectivity index is 1.48. The van der Waals surface area contributed by atoms with E-state index in [1.54, 1.807) is 17.4 Å². The first-order chi connectivity index (χ1) is 12.7. The van der Waals surface area contributed by atoms with Crippen molar-refractivity contribution in [3.8, 4) is 0 Å². The lowest BCUT2D eigenvalue weighted by molar-refractivity contribution is 0.371. The van der Waals surface area contributed by atoms with Gasteiger partial charge < -0.3 is 15.1 Å². The number of nitrogens with one attached hydrogen (secondary N) is 1. The maximum absolute atomic E-state index is 14.0. The van der Waals surface area contributed by atoms with Gasteiger partial charge in [0.1, 0.15) is 5.82 Å². The van der Waals surface area contributed by atoms with Crippen molar-refractivity contribution in [2.75, 3.05) is 44.7 Å². The third-order valence-electron chi connectivity index (χ3n) is 4.56. The maximum atomic E-state index is 14.0. The summed E-state index contributed by atoms with van der Waals surface area (Å²) in [5.74, 6) is 0.754. The Bertz CT molecular complexity index is 737. The van der Waals surface area contributed by atoms with Crippen LogP contribution in [0.2, 0.25) is 0 Å². The normalized spacial score (nSPS) is 15.4. The number of guanidine groups is 1. The van der Waals surface area contributed by atoms with Crippen molar-refractivity contribution in [2.24, 2.45) is 4.99 Å². The van der Waals surface area contributed by atoms with Gasteiger partial charge in [0.05, 0.1) is 10.7 Å². The molecule has 1 saturated heterocycles. The predicted octanol–water partition coefficient (Wildman–Crippen LogP) is 2.78. The Kier molecular flexibility index (Phi) is 6.44. The number of halogens is 1. The number of para-hydroxylation sites is 1. The van der Waals surface area contributed by atoms with Crippen LogP contribution in [0.5, 0.6) is 0 Å². The van der Waals surface area contributed by atoms with E-state index in [1.807, 2.05) is 25.4 Å². The maximum Gasteiger partial charge on any atom is 0.193 e. The van der Waals surface area contributed by atoms with E-state index in [9.17, 15) is 4.39 Å². The second-order valence-corrected chi connectivity index (χ2v) is 7.42. The van der Waals surface area contributed by atoms with Gasteiger partial charge in [-0.1, -0.05) is 19.1 Å². The molecular weight excluding hydrogens is 349 g/mol. The fraction of sp³-hybridized carbons (Fsp3) is 0.474. The van der Waals surface area contributed by atoms with E-state index >= 15 is 0 Å². The summed E-state index contributed by atoms with van der Waals surface area (Å²) < 4.78 is 14.0. The van der Waals surface area contributed by atoms with Crippen molar-refractivity contribution in [1.29, 1.82) is 0 Å². The summed E-state index contributed by atoms with van der Waals surface area (Å²) in [5, 5.41) is 4.59. The van der Waals surface area contributed by atoms with Crippen LogP contribution in [-0.2, 0) is 12.8 Å². The van der Waals surface area contributed by atoms with Crippen molar-refractivity contribution in [3.05, 3.63) is 46.2 Å². The van der Waals surface area contributed by atoms with E-state index in [1.165, 1.54) is 10.9 Å². The summed E-state index contributed by atoms with van der Waals surface area (Å²) in [6.07, 6.45) is 3.91. The number of thiazole rings is 1. The topological polar surface area (TPSA) is 43.8 Å². The number of rotatable bonds is 5. The van der Waals surface area contributed by atoms with Crippen LogP contribution < -0.4 is 10.2 Å². The molecule has 0 spiro atoms. The zero-order valence-corrected chi connectivity index (χ0v) is 16.2. The van der Waals surface area contributed by atoms with Crippen molar-refractivity contribution in [2.45, 2.75) is 19.8 Å². The van der Waals surface area contributed by atoms with E-state index in [4.69, 9.17) is 0 Å². The summed E-state index contributed by atoms with van der Waals surface area (Å²) in [5.41, 5.74) is 0.686. The number of aromatic nitrogens is 1. The molecule has 0 atom stereocenters. The molecule has 1 aliphatic heterocycles. The molecule has 1 N–H and O–H groups in total. The lowest BCUT2D eigenvalue weighted by atomic mass is 10.2. The second-order valence-electron chi connectivity index (χ2n) is 6.22. The molecule has 0 amide bonds. The van der Waals surface area contributed by atoms with E-state index in [-0.39, 0.29) is 5.82 Å². The number of hydrogen-bond acceptors (Lipinski definition) is 4. The first-order valence-corrected chi connectivity index (χ1v) is 9.91. The van der Waals surface area contributed by atoms with E-state index in [0.29, 0.717) is 5.69 Å². The van der Waals surface area contributed by atoms with E-state index in [2.05, 4.69) is 32.0 Å². The highest BCUT2D eigenvalue weighted by Crippen LogP contribution is 2.20. The molecule has 2 heterocycles.